The molecule has 1 aliphatic carbocycles. The molecule has 5 aromatic rings. The molecule has 55 heavy (non-hydrogen) atoms. The van der Waals surface area contributed by atoms with Crippen molar-refractivity contribution >= 4 is 23.4 Å². The Kier molecular flexibility index (Phi) is 10.4. The number of nitrogens with zero attached hydrogens (tertiary/aromatic N) is 7. The van der Waals surface area contributed by atoms with Crippen molar-refractivity contribution in [1.82, 2.24) is 34.6 Å². The first kappa shape index (κ1) is 36.9. The molecule has 2 aromatic carbocycles. The lowest BCUT2D eigenvalue weighted by atomic mass is 9.85. The van der Waals surface area contributed by atoms with E-state index >= 15 is 0 Å². The number of aromatic nitrogens is 5. The van der Waals surface area contributed by atoms with Crippen LogP contribution in [0.15, 0.2) is 72.9 Å². The summed E-state index contributed by atoms with van der Waals surface area (Å²) in [5.74, 6) is 3.01. The van der Waals surface area contributed by atoms with Gasteiger partial charge >= 0.3 is 6.03 Å². The Balaban J connectivity index is 0.970. The van der Waals surface area contributed by atoms with Gasteiger partial charge in [0.25, 0.3) is 0 Å². The van der Waals surface area contributed by atoms with E-state index in [0.29, 0.717) is 24.5 Å². The normalized spacial score (nSPS) is 21.7. The summed E-state index contributed by atoms with van der Waals surface area (Å²) in [4.78, 5) is 18.6. The largest absolute Gasteiger partial charge is 0.492 e. The summed E-state index contributed by atoms with van der Waals surface area (Å²) in [5, 5.41) is 20.4. The number of hydrogen-bond acceptors (Lipinski definition) is 8. The molecule has 5 heterocycles. The lowest BCUT2D eigenvalue weighted by molar-refractivity contribution is 0.171. The third-order valence-corrected chi connectivity index (χ3v) is 11.5. The highest BCUT2D eigenvalue weighted by atomic mass is 16.5. The van der Waals surface area contributed by atoms with Gasteiger partial charge in [0.1, 0.15) is 30.0 Å². The number of benzene rings is 2. The van der Waals surface area contributed by atoms with E-state index in [4.69, 9.17) is 14.6 Å². The van der Waals surface area contributed by atoms with Gasteiger partial charge in [0.15, 0.2) is 5.65 Å². The van der Waals surface area contributed by atoms with Gasteiger partial charge in [0.2, 0.25) is 5.95 Å². The van der Waals surface area contributed by atoms with Crippen LogP contribution in [0, 0.1) is 0 Å². The summed E-state index contributed by atoms with van der Waals surface area (Å²) < 4.78 is 16.7. The molecule has 2 N–H and O–H groups in total. The number of carbonyl (C=O) groups excluding carboxylic acids is 1. The van der Waals surface area contributed by atoms with E-state index in [0.717, 1.165) is 90.9 Å². The van der Waals surface area contributed by atoms with Gasteiger partial charge in [-0.25, -0.2) is 9.48 Å². The zero-order valence-electron chi connectivity index (χ0n) is 32.9. The maximum absolute atomic E-state index is 13.8. The van der Waals surface area contributed by atoms with Crippen LogP contribution in [0.1, 0.15) is 109 Å². The van der Waals surface area contributed by atoms with E-state index in [1.54, 1.807) is 4.68 Å². The van der Waals surface area contributed by atoms with Crippen LogP contribution in [0.3, 0.4) is 0 Å². The van der Waals surface area contributed by atoms with E-state index < -0.39 is 0 Å². The van der Waals surface area contributed by atoms with Crippen LogP contribution in [0.2, 0.25) is 0 Å². The number of anilines is 2. The molecular weight excluding hydrogens is 691 g/mol. The van der Waals surface area contributed by atoms with Crippen molar-refractivity contribution < 1.29 is 14.3 Å². The Morgan fingerprint density at radius 1 is 0.855 bits per heavy atom. The van der Waals surface area contributed by atoms with E-state index in [9.17, 15) is 4.79 Å². The summed E-state index contributed by atoms with van der Waals surface area (Å²) in [6.45, 7) is 14.7. The number of hydrogen-bond donors (Lipinski definition) is 2. The number of fused-ring (bicyclic) bond motifs is 2. The highest BCUT2D eigenvalue weighted by Crippen LogP contribution is 2.39. The van der Waals surface area contributed by atoms with Crippen molar-refractivity contribution in [1.29, 1.82) is 0 Å². The fourth-order valence-corrected chi connectivity index (χ4v) is 8.46. The lowest BCUT2D eigenvalue weighted by Gasteiger charge is -2.39. The molecule has 0 radical (unpaired) electrons. The van der Waals surface area contributed by atoms with Crippen LogP contribution >= 0.6 is 0 Å². The van der Waals surface area contributed by atoms with E-state index in [1.807, 2.05) is 60.8 Å². The second kappa shape index (κ2) is 15.6. The summed E-state index contributed by atoms with van der Waals surface area (Å²) in [7, 11) is 0. The van der Waals surface area contributed by atoms with Gasteiger partial charge in [0, 0.05) is 36.2 Å². The third kappa shape index (κ3) is 8.01. The number of pyridine rings is 1. The van der Waals surface area contributed by atoms with Gasteiger partial charge in [-0.3, -0.25) is 14.6 Å². The van der Waals surface area contributed by atoms with Gasteiger partial charge in [-0.15, -0.1) is 10.2 Å². The molecule has 3 aliphatic rings. The van der Waals surface area contributed by atoms with Crippen LogP contribution in [0.25, 0.3) is 11.3 Å². The number of piperidine rings is 1. The fraction of sp³-hybridized carbons (Fsp3) is 0.488. The van der Waals surface area contributed by atoms with Crippen molar-refractivity contribution in [3.05, 3.63) is 89.7 Å². The zero-order chi connectivity index (χ0) is 38.1. The topological polar surface area (TPSA) is 114 Å². The Morgan fingerprint density at radius 3 is 2.42 bits per heavy atom. The van der Waals surface area contributed by atoms with Gasteiger partial charge in [0.05, 0.1) is 23.6 Å². The minimum Gasteiger partial charge on any atom is -0.492 e. The van der Waals surface area contributed by atoms with Gasteiger partial charge < -0.3 is 19.7 Å². The number of carbonyl (C=O) groups is 1. The fourth-order valence-electron chi connectivity index (χ4n) is 8.46. The molecule has 2 saturated heterocycles. The molecule has 0 unspecified atom stereocenters. The van der Waals surface area contributed by atoms with Gasteiger partial charge in [-0.1, -0.05) is 51.1 Å². The number of nitrogens with one attached hydrogen (secondary N) is 2. The van der Waals surface area contributed by atoms with Crippen LogP contribution in [0.4, 0.5) is 16.6 Å². The van der Waals surface area contributed by atoms with E-state index in [2.05, 4.69) is 81.8 Å². The van der Waals surface area contributed by atoms with Crippen molar-refractivity contribution in [2.75, 3.05) is 36.5 Å². The van der Waals surface area contributed by atoms with Crippen LogP contribution in [0.5, 0.6) is 11.5 Å². The first-order valence-corrected chi connectivity index (χ1v) is 20.1. The Labute approximate surface area is 324 Å². The van der Waals surface area contributed by atoms with Crippen LogP contribution < -0.4 is 25.0 Å². The molecule has 2 amide bonds. The summed E-state index contributed by atoms with van der Waals surface area (Å²) in [6.07, 6.45) is 9.36. The van der Waals surface area contributed by atoms with Crippen molar-refractivity contribution in [3.8, 4) is 17.2 Å². The van der Waals surface area contributed by atoms with Crippen molar-refractivity contribution in [2.24, 2.45) is 0 Å². The SMILES string of the molecule is C[C@@H]1CCC[C@H](C)N1c1nnc2ccc(O[C@@H]3CC[C@H](NC(=O)Nc4cc(C(C)(C)C)nn4-c4cccc(OCCN5CCCC5)c4)c4ccccc43)cn12. The standard InChI is InChI=1S/C43H55N9O3/c1-29-12-10-13-30(2)51(29)42-47-46-39-21-18-33(28-50(39)42)55-37-20-19-36(34-16-6-7-17-35(34)37)44-41(53)45-40-27-38(43(3,4)5)48-52(40)31-14-11-15-32(26-31)54-25-24-49-22-8-9-23-49/h6-7,11,14-18,21,26-30,36-37H,8-10,12-13,19-20,22-25H2,1-5H3,(H2,44,45,53)/t29-,30+,36-,37+/m0/s1. The van der Waals surface area contributed by atoms with Crippen LogP contribution in [-0.2, 0) is 5.41 Å². The van der Waals surface area contributed by atoms with Crippen LogP contribution in [-0.4, -0.2) is 73.6 Å². The molecule has 4 atom stereocenters. The molecule has 0 spiro atoms. The maximum Gasteiger partial charge on any atom is 0.320 e. The highest BCUT2D eigenvalue weighted by molar-refractivity contribution is 5.89. The number of rotatable bonds is 10. The quantitative estimate of drug-likeness (QED) is 0.147. The predicted octanol–water partition coefficient (Wildman–Crippen LogP) is 8.23. The van der Waals surface area contributed by atoms with Crippen molar-refractivity contribution in [2.45, 2.75) is 109 Å². The van der Waals surface area contributed by atoms with Crippen molar-refractivity contribution in [3.63, 3.8) is 0 Å². The molecular formula is C43H55N9O3. The molecule has 12 nitrogen and oxygen atoms in total. The minimum absolute atomic E-state index is 0.164. The van der Waals surface area contributed by atoms with Gasteiger partial charge in [-0.2, -0.15) is 5.10 Å². The molecule has 12 heteroatoms. The lowest BCUT2D eigenvalue weighted by Crippen LogP contribution is -2.44. The highest BCUT2D eigenvalue weighted by Gasteiger charge is 2.32. The Hall–Kier alpha value is -5.10. The second-order valence-corrected chi connectivity index (χ2v) is 16.6. The molecule has 290 valence electrons. The summed E-state index contributed by atoms with van der Waals surface area (Å²) in [5.41, 5.74) is 4.41. The molecule has 0 saturated carbocycles. The molecule has 0 bridgehead atoms. The maximum atomic E-state index is 13.8. The first-order chi connectivity index (χ1) is 26.6. The molecule has 8 rings (SSSR count). The molecule has 2 aliphatic heterocycles. The first-order valence-electron chi connectivity index (χ1n) is 20.1. The Morgan fingerprint density at radius 2 is 1.64 bits per heavy atom. The monoisotopic (exact) mass is 745 g/mol. The number of likely N-dealkylation sites (tertiary alicyclic amines) is 1. The number of amides is 2. The van der Waals surface area contributed by atoms with E-state index in [1.165, 1.54) is 19.3 Å². The minimum atomic E-state index is -0.287. The summed E-state index contributed by atoms with van der Waals surface area (Å²) in [6, 6.07) is 22.4. The number of urea groups is 1. The Bertz CT molecular complexity index is 2100. The molecule has 3 aromatic heterocycles. The third-order valence-electron chi connectivity index (χ3n) is 11.5. The predicted molar refractivity (Wildman–Crippen MR) is 216 cm³/mol. The van der Waals surface area contributed by atoms with Gasteiger partial charge in [-0.05, 0) is 107 Å². The molecule has 2 fully saturated rings. The number of ether oxygens (including phenoxy) is 2. The smallest absolute Gasteiger partial charge is 0.320 e. The summed E-state index contributed by atoms with van der Waals surface area (Å²) >= 11 is 0. The van der Waals surface area contributed by atoms with E-state index in [-0.39, 0.29) is 23.6 Å². The average molecular weight is 746 g/mol. The zero-order valence-corrected chi connectivity index (χ0v) is 32.9. The second-order valence-electron chi connectivity index (χ2n) is 16.6. The average Bonchev–Trinajstić information content (AvgIpc) is 3.94.